The van der Waals surface area contributed by atoms with Gasteiger partial charge in [0.05, 0.1) is 18.8 Å². The Morgan fingerprint density at radius 1 is 1.24 bits per heavy atom. The summed E-state index contributed by atoms with van der Waals surface area (Å²) in [5, 5.41) is 0. The molecule has 1 aromatic rings. The van der Waals surface area contributed by atoms with Crippen LogP contribution in [-0.2, 0) is 0 Å². The molecule has 17 heavy (non-hydrogen) atoms. The fourth-order valence-corrected chi connectivity index (χ4v) is 1.80. The monoisotopic (exact) mass is 234 g/mol. The number of hydrogen-bond donors (Lipinski definition) is 0. The van der Waals surface area contributed by atoms with Crippen molar-refractivity contribution in [2.75, 3.05) is 13.2 Å². The first-order valence-electron chi connectivity index (χ1n) is 6.20. The van der Waals surface area contributed by atoms with Crippen LogP contribution < -0.4 is 9.47 Å². The van der Waals surface area contributed by atoms with E-state index in [1.165, 1.54) is 0 Å². The van der Waals surface area contributed by atoms with Crippen LogP contribution in [0.15, 0.2) is 18.2 Å². The third-order valence-electron chi connectivity index (χ3n) is 2.78. The van der Waals surface area contributed by atoms with Crippen LogP contribution in [0.5, 0.6) is 11.5 Å². The van der Waals surface area contributed by atoms with Gasteiger partial charge >= 0.3 is 0 Å². The molecular formula is C14H18O3. The van der Waals surface area contributed by atoms with E-state index >= 15 is 0 Å². The molecule has 0 bridgehead atoms. The molecule has 0 N–H and O–H groups in total. The average Bonchev–Trinajstić information content (AvgIpc) is 3.15. The Balaban J connectivity index is 2.28. The fourth-order valence-electron chi connectivity index (χ4n) is 1.80. The van der Waals surface area contributed by atoms with E-state index in [0.717, 1.165) is 18.6 Å². The molecule has 0 heterocycles. The highest BCUT2D eigenvalue weighted by molar-refractivity contribution is 6.02. The molecule has 2 rings (SSSR count). The Labute approximate surface area is 102 Å². The maximum Gasteiger partial charge on any atom is 0.169 e. The number of rotatable bonds is 6. The van der Waals surface area contributed by atoms with Gasteiger partial charge in [-0.3, -0.25) is 4.79 Å². The first kappa shape index (κ1) is 12.0. The summed E-state index contributed by atoms with van der Waals surface area (Å²) in [6, 6.07) is 5.47. The van der Waals surface area contributed by atoms with Gasteiger partial charge in [-0.2, -0.15) is 0 Å². The van der Waals surface area contributed by atoms with E-state index in [4.69, 9.17) is 9.47 Å². The van der Waals surface area contributed by atoms with E-state index in [-0.39, 0.29) is 11.7 Å². The smallest absolute Gasteiger partial charge is 0.169 e. The van der Waals surface area contributed by atoms with Gasteiger partial charge in [-0.1, -0.05) is 0 Å². The van der Waals surface area contributed by atoms with Crippen molar-refractivity contribution in [3.63, 3.8) is 0 Å². The van der Waals surface area contributed by atoms with E-state index in [0.29, 0.717) is 24.5 Å². The van der Waals surface area contributed by atoms with Gasteiger partial charge in [0.25, 0.3) is 0 Å². The lowest BCUT2D eigenvalue weighted by atomic mass is 10.1. The van der Waals surface area contributed by atoms with Gasteiger partial charge in [-0.05, 0) is 44.9 Å². The van der Waals surface area contributed by atoms with Gasteiger partial charge in [-0.15, -0.1) is 0 Å². The van der Waals surface area contributed by atoms with Crippen LogP contribution in [0.25, 0.3) is 0 Å². The summed E-state index contributed by atoms with van der Waals surface area (Å²) in [6.07, 6.45) is 2.01. The number of hydrogen-bond acceptors (Lipinski definition) is 3. The maximum atomic E-state index is 12.1. The molecule has 1 aromatic carbocycles. The molecule has 0 atom stereocenters. The molecule has 0 aromatic heterocycles. The first-order chi connectivity index (χ1) is 8.26. The number of ketones is 1. The minimum Gasteiger partial charge on any atom is -0.494 e. The Hall–Kier alpha value is -1.51. The van der Waals surface area contributed by atoms with Crippen molar-refractivity contribution < 1.29 is 14.3 Å². The number of Topliss-reactive ketones (excluding diaryl/α,β-unsaturated/α-hetero) is 1. The molecule has 0 spiro atoms. The Morgan fingerprint density at radius 2 is 1.94 bits per heavy atom. The normalized spacial score (nSPS) is 14.5. The minimum absolute atomic E-state index is 0.190. The number of carbonyl (C=O) groups excluding carboxylic acids is 1. The van der Waals surface area contributed by atoms with E-state index in [2.05, 4.69) is 0 Å². The average molecular weight is 234 g/mol. The van der Waals surface area contributed by atoms with Gasteiger partial charge in [0, 0.05) is 5.92 Å². The van der Waals surface area contributed by atoms with Crippen molar-refractivity contribution >= 4 is 5.78 Å². The molecule has 1 aliphatic rings. The van der Waals surface area contributed by atoms with E-state index in [9.17, 15) is 4.79 Å². The maximum absolute atomic E-state index is 12.1. The minimum atomic E-state index is 0.190. The van der Waals surface area contributed by atoms with Crippen molar-refractivity contribution in [1.82, 2.24) is 0 Å². The summed E-state index contributed by atoms with van der Waals surface area (Å²) in [5.74, 6) is 1.80. The van der Waals surface area contributed by atoms with Gasteiger partial charge in [0.1, 0.15) is 11.5 Å². The van der Waals surface area contributed by atoms with E-state index in [1.807, 2.05) is 26.0 Å². The lowest BCUT2D eigenvalue weighted by Gasteiger charge is -2.11. The van der Waals surface area contributed by atoms with Crippen molar-refractivity contribution in [2.45, 2.75) is 26.7 Å². The SMILES string of the molecule is CCOc1ccc(OCC)c(C(=O)C2CC2)c1. The predicted octanol–water partition coefficient (Wildman–Crippen LogP) is 3.08. The predicted molar refractivity (Wildman–Crippen MR) is 65.8 cm³/mol. The summed E-state index contributed by atoms with van der Waals surface area (Å²) < 4.78 is 10.9. The number of carbonyl (C=O) groups is 1. The molecule has 92 valence electrons. The Morgan fingerprint density at radius 3 is 2.53 bits per heavy atom. The first-order valence-corrected chi connectivity index (χ1v) is 6.20. The molecule has 0 unspecified atom stereocenters. The number of ether oxygens (including phenoxy) is 2. The lowest BCUT2D eigenvalue weighted by Crippen LogP contribution is -2.06. The second-order valence-electron chi connectivity index (χ2n) is 4.16. The molecule has 1 saturated carbocycles. The summed E-state index contributed by atoms with van der Waals surface area (Å²) in [4.78, 5) is 12.1. The summed E-state index contributed by atoms with van der Waals surface area (Å²) >= 11 is 0. The van der Waals surface area contributed by atoms with Crippen LogP contribution in [-0.4, -0.2) is 19.0 Å². The van der Waals surface area contributed by atoms with Crippen LogP contribution in [0.2, 0.25) is 0 Å². The van der Waals surface area contributed by atoms with Crippen molar-refractivity contribution in [3.8, 4) is 11.5 Å². The highest BCUT2D eigenvalue weighted by Gasteiger charge is 2.32. The zero-order chi connectivity index (χ0) is 12.3. The molecule has 0 radical (unpaired) electrons. The third kappa shape index (κ3) is 2.78. The molecule has 1 aliphatic carbocycles. The molecular weight excluding hydrogens is 216 g/mol. The topological polar surface area (TPSA) is 35.5 Å². The molecule has 0 amide bonds. The molecule has 0 aliphatic heterocycles. The zero-order valence-corrected chi connectivity index (χ0v) is 10.4. The van der Waals surface area contributed by atoms with E-state index < -0.39 is 0 Å². The van der Waals surface area contributed by atoms with Crippen LogP contribution in [0.1, 0.15) is 37.0 Å². The van der Waals surface area contributed by atoms with Crippen molar-refractivity contribution in [2.24, 2.45) is 5.92 Å². The second-order valence-corrected chi connectivity index (χ2v) is 4.16. The summed E-state index contributed by atoms with van der Waals surface area (Å²) in [6.45, 7) is 5.02. The van der Waals surface area contributed by atoms with Crippen LogP contribution in [0.4, 0.5) is 0 Å². The van der Waals surface area contributed by atoms with Crippen molar-refractivity contribution in [3.05, 3.63) is 23.8 Å². The van der Waals surface area contributed by atoms with Gasteiger partial charge in [-0.25, -0.2) is 0 Å². The van der Waals surface area contributed by atoms with E-state index in [1.54, 1.807) is 6.07 Å². The van der Waals surface area contributed by atoms with Crippen LogP contribution in [0, 0.1) is 5.92 Å². The molecule has 1 fully saturated rings. The highest BCUT2D eigenvalue weighted by atomic mass is 16.5. The highest BCUT2D eigenvalue weighted by Crippen LogP contribution is 2.36. The Kier molecular flexibility index (Phi) is 3.67. The standard InChI is InChI=1S/C14H18O3/c1-3-16-11-7-8-13(17-4-2)12(9-11)14(15)10-5-6-10/h7-10H,3-6H2,1-2H3. The van der Waals surface area contributed by atoms with Gasteiger partial charge in [0.2, 0.25) is 0 Å². The van der Waals surface area contributed by atoms with Crippen LogP contribution in [0.3, 0.4) is 0 Å². The fraction of sp³-hybridized carbons (Fsp3) is 0.500. The quantitative estimate of drug-likeness (QED) is 0.709. The van der Waals surface area contributed by atoms with Gasteiger partial charge < -0.3 is 9.47 Å². The zero-order valence-electron chi connectivity index (χ0n) is 10.4. The third-order valence-corrected chi connectivity index (χ3v) is 2.78. The lowest BCUT2D eigenvalue weighted by molar-refractivity contribution is 0.0963. The van der Waals surface area contributed by atoms with Crippen LogP contribution >= 0.6 is 0 Å². The Bertz CT molecular complexity index is 408. The second kappa shape index (κ2) is 5.21. The largest absolute Gasteiger partial charge is 0.494 e. The summed E-state index contributed by atoms with van der Waals surface area (Å²) in [5.41, 5.74) is 0.667. The van der Waals surface area contributed by atoms with Crippen molar-refractivity contribution in [1.29, 1.82) is 0 Å². The molecule has 3 heteroatoms. The molecule has 3 nitrogen and oxygen atoms in total. The van der Waals surface area contributed by atoms with Gasteiger partial charge in [0.15, 0.2) is 5.78 Å². The number of benzene rings is 1. The summed E-state index contributed by atoms with van der Waals surface area (Å²) in [7, 11) is 0. The molecule has 0 saturated heterocycles.